The van der Waals surface area contributed by atoms with Gasteiger partial charge < -0.3 is 9.64 Å². The smallest absolute Gasteiger partial charge is 0.254 e. The summed E-state index contributed by atoms with van der Waals surface area (Å²) < 4.78 is 28.7. The highest BCUT2D eigenvalue weighted by atomic mass is 32.2. The molecule has 0 atom stereocenters. The summed E-state index contributed by atoms with van der Waals surface area (Å²) in [5.41, 5.74) is 4.24. The molecule has 2 aromatic heterocycles. The van der Waals surface area contributed by atoms with Crippen LogP contribution in [0.3, 0.4) is 0 Å². The number of carbonyl (C=O) groups is 1. The van der Waals surface area contributed by atoms with Gasteiger partial charge in [0.05, 0.1) is 12.9 Å². The topological polar surface area (TPSA) is 76.6 Å². The molecule has 0 bridgehead atoms. The number of methoxy groups -OCH3 is 1. The first-order chi connectivity index (χ1) is 13.7. The van der Waals surface area contributed by atoms with E-state index in [1.807, 2.05) is 30.3 Å². The lowest BCUT2D eigenvalue weighted by Crippen LogP contribution is -2.17. The maximum Gasteiger partial charge on any atom is 0.254 e. The van der Waals surface area contributed by atoms with Gasteiger partial charge in [-0.1, -0.05) is 6.07 Å². The summed E-state index contributed by atoms with van der Waals surface area (Å²) in [7, 11) is 0.0713. The van der Waals surface area contributed by atoms with Gasteiger partial charge in [0.15, 0.2) is 9.84 Å². The number of ether oxygens (including phenoxy) is 1. The number of nitrogens with zero attached hydrogens (tertiary/aromatic N) is 2. The van der Waals surface area contributed by atoms with Gasteiger partial charge >= 0.3 is 0 Å². The third kappa shape index (κ3) is 3.90. The predicted octanol–water partition coefficient (Wildman–Crippen LogP) is 3.62. The standard InChI is InChI=1S/C21H20N2O4S2/c1-23-11-15-8-13(4-5-17(15)21(23)24)18-6-7-19(28-18)14-9-16(12-29(3,25)26)20(27-2)22-10-14/h4-10H,11-12H2,1-3H3. The maximum atomic E-state index is 12.1. The molecule has 3 aromatic rings. The molecule has 0 aliphatic carbocycles. The fourth-order valence-electron chi connectivity index (χ4n) is 3.47. The third-order valence-corrected chi connectivity index (χ3v) is 6.82. The molecule has 0 spiro atoms. The summed E-state index contributed by atoms with van der Waals surface area (Å²) in [5, 5.41) is 0. The van der Waals surface area contributed by atoms with Gasteiger partial charge in [0.1, 0.15) is 0 Å². The van der Waals surface area contributed by atoms with Crippen molar-refractivity contribution in [1.29, 1.82) is 0 Å². The highest BCUT2D eigenvalue weighted by molar-refractivity contribution is 7.89. The monoisotopic (exact) mass is 428 g/mol. The Kier molecular flexibility index (Phi) is 4.92. The van der Waals surface area contributed by atoms with Crippen molar-refractivity contribution in [2.24, 2.45) is 0 Å². The second kappa shape index (κ2) is 7.27. The summed E-state index contributed by atoms with van der Waals surface area (Å²) >= 11 is 1.60. The van der Waals surface area contributed by atoms with Gasteiger partial charge in [-0.2, -0.15) is 0 Å². The van der Waals surface area contributed by atoms with Crippen molar-refractivity contribution in [3.63, 3.8) is 0 Å². The molecular formula is C21H20N2O4S2. The van der Waals surface area contributed by atoms with Gasteiger partial charge in [-0.25, -0.2) is 13.4 Å². The number of aromatic nitrogens is 1. The van der Waals surface area contributed by atoms with Crippen LogP contribution in [0.1, 0.15) is 21.5 Å². The number of fused-ring (bicyclic) bond motifs is 1. The van der Waals surface area contributed by atoms with Crippen molar-refractivity contribution in [3.8, 4) is 26.8 Å². The van der Waals surface area contributed by atoms with Crippen LogP contribution in [-0.2, 0) is 22.1 Å². The fourth-order valence-corrected chi connectivity index (χ4v) is 5.22. The van der Waals surface area contributed by atoms with Gasteiger partial charge in [0.2, 0.25) is 5.88 Å². The molecule has 0 fully saturated rings. The van der Waals surface area contributed by atoms with Crippen molar-refractivity contribution in [1.82, 2.24) is 9.88 Å². The molecule has 150 valence electrons. The first kappa shape index (κ1) is 19.6. The van der Waals surface area contributed by atoms with Crippen LogP contribution in [0.15, 0.2) is 42.6 Å². The van der Waals surface area contributed by atoms with Crippen LogP contribution < -0.4 is 4.74 Å². The summed E-state index contributed by atoms with van der Waals surface area (Å²) in [6, 6.07) is 11.8. The zero-order valence-corrected chi connectivity index (χ0v) is 17.9. The third-order valence-electron chi connectivity index (χ3n) is 4.80. The Morgan fingerprint density at radius 2 is 1.86 bits per heavy atom. The number of hydrogen-bond acceptors (Lipinski definition) is 6. The summed E-state index contributed by atoms with van der Waals surface area (Å²) in [4.78, 5) is 20.1. The molecule has 29 heavy (non-hydrogen) atoms. The first-order valence-corrected chi connectivity index (χ1v) is 11.8. The quantitative estimate of drug-likeness (QED) is 0.620. The average Bonchev–Trinajstić information content (AvgIpc) is 3.26. The molecule has 8 heteroatoms. The minimum absolute atomic E-state index is 0.0566. The van der Waals surface area contributed by atoms with Crippen LogP contribution in [0.2, 0.25) is 0 Å². The predicted molar refractivity (Wildman–Crippen MR) is 114 cm³/mol. The number of pyridine rings is 1. The van der Waals surface area contributed by atoms with E-state index < -0.39 is 9.84 Å². The number of benzene rings is 1. The highest BCUT2D eigenvalue weighted by Crippen LogP contribution is 2.37. The molecule has 1 amide bonds. The SMILES string of the molecule is COc1ncc(-c2ccc(-c3ccc4c(c3)CN(C)C4=O)s2)cc1CS(C)(=O)=O. The number of rotatable bonds is 5. The molecule has 1 aliphatic rings. The van der Waals surface area contributed by atoms with E-state index in [-0.39, 0.29) is 11.7 Å². The molecule has 0 radical (unpaired) electrons. The molecule has 0 saturated heterocycles. The highest BCUT2D eigenvalue weighted by Gasteiger charge is 2.24. The summed E-state index contributed by atoms with van der Waals surface area (Å²) in [6.45, 7) is 0.623. The van der Waals surface area contributed by atoms with Crippen LogP contribution in [0, 0.1) is 0 Å². The number of hydrogen-bond donors (Lipinski definition) is 0. The molecule has 1 aliphatic heterocycles. The van der Waals surface area contributed by atoms with Crippen molar-refractivity contribution in [3.05, 3.63) is 59.3 Å². The van der Waals surface area contributed by atoms with Crippen molar-refractivity contribution in [2.75, 3.05) is 20.4 Å². The Bertz CT molecular complexity index is 1220. The molecule has 4 rings (SSSR count). The van der Waals surface area contributed by atoms with E-state index in [4.69, 9.17) is 4.74 Å². The lowest BCUT2D eigenvalue weighted by molar-refractivity contribution is 0.0816. The Labute approximate surface area is 173 Å². The van der Waals surface area contributed by atoms with Crippen molar-refractivity contribution in [2.45, 2.75) is 12.3 Å². The molecule has 6 nitrogen and oxygen atoms in total. The van der Waals surface area contributed by atoms with E-state index in [0.29, 0.717) is 18.0 Å². The van der Waals surface area contributed by atoms with E-state index >= 15 is 0 Å². The zero-order valence-electron chi connectivity index (χ0n) is 16.3. The minimum Gasteiger partial charge on any atom is -0.481 e. The van der Waals surface area contributed by atoms with E-state index in [9.17, 15) is 13.2 Å². The molecule has 0 N–H and O–H groups in total. The molecule has 1 aromatic carbocycles. The lowest BCUT2D eigenvalue weighted by Gasteiger charge is -2.08. The Hall–Kier alpha value is -2.71. The van der Waals surface area contributed by atoms with E-state index in [1.54, 1.807) is 29.5 Å². The van der Waals surface area contributed by atoms with Gasteiger partial charge in [0, 0.05) is 52.5 Å². The number of thiophene rings is 1. The maximum absolute atomic E-state index is 12.1. The average molecular weight is 429 g/mol. The van der Waals surface area contributed by atoms with Crippen molar-refractivity contribution >= 4 is 27.1 Å². The Morgan fingerprint density at radius 1 is 1.14 bits per heavy atom. The second-order valence-corrected chi connectivity index (χ2v) is 10.4. The van der Waals surface area contributed by atoms with Crippen LogP contribution in [-0.4, -0.2) is 44.6 Å². The van der Waals surface area contributed by atoms with Crippen LogP contribution in [0.4, 0.5) is 0 Å². The van der Waals surface area contributed by atoms with Gasteiger partial charge in [-0.05, 0) is 41.5 Å². The normalized spacial score (nSPS) is 13.6. The summed E-state index contributed by atoms with van der Waals surface area (Å²) in [6.07, 6.45) is 2.88. The Balaban J connectivity index is 1.67. The lowest BCUT2D eigenvalue weighted by atomic mass is 10.1. The largest absolute Gasteiger partial charge is 0.481 e. The van der Waals surface area contributed by atoms with Gasteiger partial charge in [-0.3, -0.25) is 4.79 Å². The molecular weight excluding hydrogens is 408 g/mol. The van der Waals surface area contributed by atoms with Gasteiger partial charge in [0.25, 0.3) is 5.91 Å². The summed E-state index contributed by atoms with van der Waals surface area (Å²) in [5.74, 6) is 0.256. The van der Waals surface area contributed by atoms with Crippen LogP contribution in [0.25, 0.3) is 20.9 Å². The van der Waals surface area contributed by atoms with Crippen LogP contribution >= 0.6 is 11.3 Å². The number of sulfone groups is 1. The first-order valence-electron chi connectivity index (χ1n) is 8.95. The Morgan fingerprint density at radius 3 is 2.55 bits per heavy atom. The molecule has 3 heterocycles. The van der Waals surface area contributed by atoms with Crippen molar-refractivity contribution < 1.29 is 17.9 Å². The van der Waals surface area contributed by atoms with Crippen LogP contribution in [0.5, 0.6) is 5.88 Å². The van der Waals surface area contributed by atoms with E-state index in [2.05, 4.69) is 11.1 Å². The fraction of sp³-hybridized carbons (Fsp3) is 0.238. The molecule has 0 saturated carbocycles. The number of amides is 1. The molecule has 0 unspecified atom stereocenters. The van der Waals surface area contributed by atoms with Gasteiger partial charge in [-0.15, -0.1) is 11.3 Å². The second-order valence-electron chi connectivity index (χ2n) is 7.16. The minimum atomic E-state index is -3.21. The van der Waals surface area contributed by atoms with E-state index in [0.717, 1.165) is 32.0 Å². The van der Waals surface area contributed by atoms with E-state index in [1.165, 1.54) is 13.4 Å². The zero-order chi connectivity index (χ0) is 20.8. The number of carbonyl (C=O) groups excluding carboxylic acids is 1.